The molecular weight excluding hydrogens is 246 g/mol. The van der Waals surface area contributed by atoms with Crippen molar-refractivity contribution in [2.45, 2.75) is 32.4 Å². The molecule has 2 saturated heterocycles. The van der Waals surface area contributed by atoms with Gasteiger partial charge in [0.2, 0.25) is 11.8 Å². The average molecular weight is 269 g/mol. The molecule has 6 heteroatoms. The van der Waals surface area contributed by atoms with Crippen molar-refractivity contribution >= 4 is 11.8 Å². The number of rotatable bonds is 3. The van der Waals surface area contributed by atoms with Gasteiger partial charge >= 0.3 is 0 Å². The van der Waals surface area contributed by atoms with Gasteiger partial charge in [-0.15, -0.1) is 0 Å². The van der Waals surface area contributed by atoms with Crippen molar-refractivity contribution in [3.8, 4) is 0 Å². The number of ether oxygens (including phenoxy) is 1. The number of carbonyl (C=O) groups is 2. The van der Waals surface area contributed by atoms with Crippen molar-refractivity contribution in [3.63, 3.8) is 0 Å². The zero-order chi connectivity index (χ0) is 13.8. The maximum absolute atomic E-state index is 12.2. The van der Waals surface area contributed by atoms with Gasteiger partial charge in [0.05, 0.1) is 19.3 Å². The second-order valence-electron chi connectivity index (χ2n) is 5.37. The Labute approximate surface area is 113 Å². The van der Waals surface area contributed by atoms with Crippen LogP contribution in [0.15, 0.2) is 0 Å². The molecule has 2 aliphatic rings. The molecule has 3 unspecified atom stereocenters. The fraction of sp³-hybridized carbons (Fsp3) is 0.846. The molecule has 2 amide bonds. The van der Waals surface area contributed by atoms with E-state index < -0.39 is 6.04 Å². The number of hydrogen-bond donors (Lipinski definition) is 2. The highest BCUT2D eigenvalue weighted by Gasteiger charge is 2.31. The van der Waals surface area contributed by atoms with Gasteiger partial charge in [-0.2, -0.15) is 0 Å². The monoisotopic (exact) mass is 269 g/mol. The van der Waals surface area contributed by atoms with Crippen molar-refractivity contribution in [1.29, 1.82) is 0 Å². The predicted octanol–water partition coefficient (Wildman–Crippen LogP) is -0.652. The molecule has 6 nitrogen and oxygen atoms in total. The van der Waals surface area contributed by atoms with Crippen molar-refractivity contribution in [3.05, 3.63) is 0 Å². The van der Waals surface area contributed by atoms with Gasteiger partial charge in [-0.25, -0.2) is 0 Å². The lowest BCUT2D eigenvalue weighted by molar-refractivity contribution is -0.139. The summed E-state index contributed by atoms with van der Waals surface area (Å²) in [6.07, 6.45) is 1.00. The van der Waals surface area contributed by atoms with Crippen LogP contribution in [0, 0.1) is 5.92 Å². The lowest BCUT2D eigenvalue weighted by atomic mass is 10.0. The SMILES string of the molecule is CC(NC(=O)C1NCCC1C)C(=O)N1CCOCC1. The molecule has 0 saturated carbocycles. The van der Waals surface area contributed by atoms with Crippen molar-refractivity contribution in [1.82, 2.24) is 15.5 Å². The van der Waals surface area contributed by atoms with E-state index in [1.807, 2.05) is 0 Å². The van der Waals surface area contributed by atoms with Crippen LogP contribution >= 0.6 is 0 Å². The Morgan fingerprint density at radius 3 is 2.63 bits per heavy atom. The van der Waals surface area contributed by atoms with E-state index in [1.54, 1.807) is 11.8 Å². The highest BCUT2D eigenvalue weighted by molar-refractivity contribution is 5.89. The Balaban J connectivity index is 1.83. The number of morpholine rings is 1. The molecule has 0 aromatic rings. The molecule has 2 fully saturated rings. The van der Waals surface area contributed by atoms with Crippen LogP contribution in [0.4, 0.5) is 0 Å². The molecule has 0 aromatic carbocycles. The first-order valence-electron chi connectivity index (χ1n) is 7.00. The smallest absolute Gasteiger partial charge is 0.245 e. The minimum Gasteiger partial charge on any atom is -0.378 e. The zero-order valence-electron chi connectivity index (χ0n) is 11.6. The van der Waals surface area contributed by atoms with Gasteiger partial charge < -0.3 is 20.3 Å². The molecule has 0 radical (unpaired) electrons. The highest BCUT2D eigenvalue weighted by atomic mass is 16.5. The maximum Gasteiger partial charge on any atom is 0.245 e. The van der Waals surface area contributed by atoms with E-state index in [-0.39, 0.29) is 17.9 Å². The van der Waals surface area contributed by atoms with Gasteiger partial charge in [-0.05, 0) is 25.8 Å². The third-order valence-corrected chi connectivity index (χ3v) is 3.87. The number of hydrogen-bond acceptors (Lipinski definition) is 4. The van der Waals surface area contributed by atoms with Crippen LogP contribution < -0.4 is 10.6 Å². The summed E-state index contributed by atoms with van der Waals surface area (Å²) < 4.78 is 5.21. The van der Waals surface area contributed by atoms with E-state index in [9.17, 15) is 9.59 Å². The number of carbonyl (C=O) groups excluding carboxylic acids is 2. The van der Waals surface area contributed by atoms with Crippen LogP contribution in [-0.2, 0) is 14.3 Å². The van der Waals surface area contributed by atoms with E-state index >= 15 is 0 Å². The Kier molecular flexibility index (Phi) is 4.76. The molecule has 2 N–H and O–H groups in total. The summed E-state index contributed by atoms with van der Waals surface area (Å²) in [7, 11) is 0. The molecule has 0 aromatic heterocycles. The Bertz CT molecular complexity index is 342. The summed E-state index contributed by atoms with van der Waals surface area (Å²) in [6.45, 7) is 7.04. The van der Waals surface area contributed by atoms with Gasteiger partial charge in [0.15, 0.2) is 0 Å². The van der Waals surface area contributed by atoms with E-state index in [4.69, 9.17) is 4.74 Å². The van der Waals surface area contributed by atoms with E-state index in [0.717, 1.165) is 13.0 Å². The lowest BCUT2D eigenvalue weighted by Gasteiger charge is -2.30. The molecule has 2 heterocycles. The normalized spacial score (nSPS) is 29.1. The van der Waals surface area contributed by atoms with Crippen LogP contribution in [0.1, 0.15) is 20.3 Å². The number of nitrogens with one attached hydrogen (secondary N) is 2. The summed E-state index contributed by atoms with van der Waals surface area (Å²) in [5.74, 6) is 0.229. The minimum absolute atomic E-state index is 0.0256. The quantitative estimate of drug-likeness (QED) is 0.714. The van der Waals surface area contributed by atoms with Gasteiger partial charge in [0.1, 0.15) is 6.04 Å². The predicted molar refractivity (Wildman–Crippen MR) is 70.6 cm³/mol. The van der Waals surface area contributed by atoms with Gasteiger partial charge in [-0.1, -0.05) is 6.92 Å². The fourth-order valence-corrected chi connectivity index (χ4v) is 2.61. The van der Waals surface area contributed by atoms with Crippen molar-refractivity contribution < 1.29 is 14.3 Å². The van der Waals surface area contributed by atoms with Crippen LogP contribution in [-0.4, -0.2) is 61.6 Å². The van der Waals surface area contributed by atoms with Crippen molar-refractivity contribution in [2.75, 3.05) is 32.8 Å². The van der Waals surface area contributed by atoms with Crippen LogP contribution in [0.5, 0.6) is 0 Å². The molecule has 0 aliphatic carbocycles. The van der Waals surface area contributed by atoms with Crippen LogP contribution in [0.3, 0.4) is 0 Å². The highest BCUT2D eigenvalue weighted by Crippen LogP contribution is 2.14. The van der Waals surface area contributed by atoms with E-state index in [2.05, 4.69) is 17.6 Å². The molecule has 2 aliphatic heterocycles. The van der Waals surface area contributed by atoms with E-state index in [1.165, 1.54) is 0 Å². The van der Waals surface area contributed by atoms with Gasteiger partial charge in [0, 0.05) is 13.1 Å². The summed E-state index contributed by atoms with van der Waals surface area (Å²) in [5.41, 5.74) is 0. The number of nitrogens with zero attached hydrogens (tertiary/aromatic N) is 1. The zero-order valence-corrected chi connectivity index (χ0v) is 11.6. The second-order valence-corrected chi connectivity index (χ2v) is 5.37. The Hall–Kier alpha value is -1.14. The second kappa shape index (κ2) is 6.34. The largest absolute Gasteiger partial charge is 0.378 e. The topological polar surface area (TPSA) is 70.7 Å². The third kappa shape index (κ3) is 3.45. The van der Waals surface area contributed by atoms with E-state index in [0.29, 0.717) is 32.2 Å². The Morgan fingerprint density at radius 2 is 2.05 bits per heavy atom. The summed E-state index contributed by atoms with van der Waals surface area (Å²) in [5, 5.41) is 5.99. The molecule has 0 bridgehead atoms. The fourth-order valence-electron chi connectivity index (χ4n) is 2.61. The molecule has 3 atom stereocenters. The molecule has 0 spiro atoms. The summed E-state index contributed by atoms with van der Waals surface area (Å²) in [6, 6.07) is -0.639. The minimum atomic E-state index is -0.472. The standard InChI is InChI=1S/C13H23N3O3/c1-9-3-4-14-11(9)12(17)15-10(2)13(18)16-5-7-19-8-6-16/h9-11,14H,3-8H2,1-2H3,(H,15,17). The third-order valence-electron chi connectivity index (χ3n) is 3.87. The molecule has 19 heavy (non-hydrogen) atoms. The summed E-state index contributed by atoms with van der Waals surface area (Å²) in [4.78, 5) is 26.0. The lowest BCUT2D eigenvalue weighted by Crippen LogP contribution is -2.54. The average Bonchev–Trinajstić information content (AvgIpc) is 2.85. The van der Waals surface area contributed by atoms with Crippen LogP contribution in [0.25, 0.3) is 0 Å². The van der Waals surface area contributed by atoms with Gasteiger partial charge in [0.25, 0.3) is 0 Å². The van der Waals surface area contributed by atoms with Gasteiger partial charge in [-0.3, -0.25) is 9.59 Å². The first kappa shape index (κ1) is 14.3. The maximum atomic E-state index is 12.2. The number of amides is 2. The molecule has 108 valence electrons. The first-order valence-corrected chi connectivity index (χ1v) is 7.00. The summed E-state index contributed by atoms with van der Waals surface area (Å²) >= 11 is 0. The molecular formula is C13H23N3O3. The Morgan fingerprint density at radius 1 is 1.37 bits per heavy atom. The van der Waals surface area contributed by atoms with Crippen molar-refractivity contribution in [2.24, 2.45) is 5.92 Å². The molecule has 2 rings (SSSR count). The first-order chi connectivity index (χ1) is 9.09. The van der Waals surface area contributed by atoms with Crippen LogP contribution in [0.2, 0.25) is 0 Å².